The second kappa shape index (κ2) is 8.83. The zero-order chi connectivity index (χ0) is 21.8. The Morgan fingerprint density at radius 3 is 2.42 bits per heavy atom. The van der Waals surface area contributed by atoms with E-state index in [-0.39, 0.29) is 44.0 Å². The Bertz CT molecular complexity index is 1040. The first-order chi connectivity index (χ1) is 15.0. The van der Waals surface area contributed by atoms with E-state index in [2.05, 4.69) is 15.0 Å². The molecule has 5 nitrogen and oxygen atoms in total. The first-order valence-electron chi connectivity index (χ1n) is 10.0. The van der Waals surface area contributed by atoms with Crippen molar-refractivity contribution in [2.75, 3.05) is 13.1 Å². The molecule has 160 valence electrons. The molecule has 1 fully saturated rings. The van der Waals surface area contributed by atoms with E-state index in [1.165, 1.54) is 18.3 Å². The predicted molar refractivity (Wildman–Crippen MR) is 109 cm³/mol. The third-order valence-corrected chi connectivity index (χ3v) is 5.53. The number of aromatic nitrogens is 3. The van der Waals surface area contributed by atoms with Gasteiger partial charge in [0.15, 0.2) is 0 Å². The molecule has 0 unspecified atom stereocenters. The Morgan fingerprint density at radius 1 is 1.03 bits per heavy atom. The van der Waals surface area contributed by atoms with Gasteiger partial charge in [-0.1, -0.05) is 6.07 Å². The minimum Gasteiger partial charge on any atom is -0.338 e. The summed E-state index contributed by atoms with van der Waals surface area (Å²) in [6, 6.07) is 9.72. The van der Waals surface area contributed by atoms with Crippen LogP contribution in [0.1, 0.15) is 40.9 Å². The number of nitrogens with zero attached hydrogens (tertiary/aromatic N) is 4. The molecule has 1 saturated heterocycles. The van der Waals surface area contributed by atoms with E-state index in [0.717, 1.165) is 5.56 Å². The average Bonchev–Trinajstić information content (AvgIpc) is 2.80. The van der Waals surface area contributed by atoms with Crippen molar-refractivity contribution < 1.29 is 18.0 Å². The zero-order valence-electron chi connectivity index (χ0n) is 16.7. The molecule has 0 radical (unpaired) electrons. The molecular formula is C23H21F3N4O. The van der Waals surface area contributed by atoms with Crippen molar-refractivity contribution in [2.45, 2.75) is 31.4 Å². The van der Waals surface area contributed by atoms with Crippen LogP contribution in [0.2, 0.25) is 0 Å². The normalized spacial score (nSPS) is 15.8. The van der Waals surface area contributed by atoms with Gasteiger partial charge in [0.25, 0.3) is 12.3 Å². The molecule has 3 aromatic rings. The van der Waals surface area contributed by atoms with Crippen LogP contribution >= 0.6 is 0 Å². The van der Waals surface area contributed by atoms with Crippen molar-refractivity contribution in [2.24, 2.45) is 0 Å². The van der Waals surface area contributed by atoms with E-state index < -0.39 is 12.1 Å². The Kier molecular flexibility index (Phi) is 5.97. The molecule has 31 heavy (non-hydrogen) atoms. The van der Waals surface area contributed by atoms with Crippen molar-refractivity contribution in [1.29, 1.82) is 0 Å². The second-order valence-electron chi connectivity index (χ2n) is 7.65. The van der Waals surface area contributed by atoms with Crippen LogP contribution in [0.4, 0.5) is 13.2 Å². The average molecular weight is 426 g/mol. The van der Waals surface area contributed by atoms with E-state index in [4.69, 9.17) is 0 Å². The third kappa shape index (κ3) is 4.73. The SMILES string of the molecule is O=C(c1cccnc1-c1ccncc1)N1CCC(F)(Cc2ccc(C(F)F)nc2)CC1. The molecular weight excluding hydrogens is 405 g/mol. The molecule has 1 aliphatic heterocycles. The lowest BCUT2D eigenvalue weighted by molar-refractivity contribution is 0.0437. The minimum atomic E-state index is -2.65. The fraction of sp³-hybridized carbons (Fsp3) is 0.304. The largest absolute Gasteiger partial charge is 0.338 e. The van der Waals surface area contributed by atoms with Crippen molar-refractivity contribution >= 4 is 5.91 Å². The Labute approximate surface area is 178 Å². The highest BCUT2D eigenvalue weighted by Crippen LogP contribution is 2.32. The molecule has 0 aliphatic carbocycles. The minimum absolute atomic E-state index is 0.0840. The van der Waals surface area contributed by atoms with Crippen LogP contribution in [0.25, 0.3) is 11.3 Å². The molecule has 8 heteroatoms. The van der Waals surface area contributed by atoms with Crippen LogP contribution in [0.5, 0.6) is 0 Å². The smallest absolute Gasteiger partial charge is 0.280 e. The molecule has 0 saturated carbocycles. The Morgan fingerprint density at radius 2 is 1.77 bits per heavy atom. The van der Waals surface area contributed by atoms with Crippen LogP contribution in [0.15, 0.2) is 61.2 Å². The highest BCUT2D eigenvalue weighted by molar-refractivity contribution is 5.99. The van der Waals surface area contributed by atoms with Gasteiger partial charge in [0.1, 0.15) is 11.4 Å². The number of hydrogen-bond acceptors (Lipinski definition) is 4. The van der Waals surface area contributed by atoms with Crippen molar-refractivity contribution in [3.8, 4) is 11.3 Å². The Balaban J connectivity index is 1.44. The summed E-state index contributed by atoms with van der Waals surface area (Å²) in [6.07, 6.45) is 3.98. The van der Waals surface area contributed by atoms with Gasteiger partial charge in [-0.2, -0.15) is 0 Å². The number of pyridine rings is 3. The molecule has 0 N–H and O–H groups in total. The molecule has 0 bridgehead atoms. The van der Waals surface area contributed by atoms with Gasteiger partial charge in [0.2, 0.25) is 0 Å². The standard InChI is InChI=1S/C23H21F3N4O/c24-21(25)19-4-3-16(15-29-19)14-23(26)7-12-30(13-8-23)22(31)18-2-1-9-28-20(18)17-5-10-27-11-6-17/h1-6,9-11,15,21H,7-8,12-14H2. The lowest BCUT2D eigenvalue weighted by Crippen LogP contribution is -2.45. The topological polar surface area (TPSA) is 59.0 Å². The van der Waals surface area contributed by atoms with Crippen LogP contribution in [0, 0.1) is 0 Å². The van der Waals surface area contributed by atoms with E-state index in [1.54, 1.807) is 47.8 Å². The van der Waals surface area contributed by atoms with Crippen molar-refractivity contribution in [3.63, 3.8) is 0 Å². The fourth-order valence-electron chi connectivity index (χ4n) is 3.81. The number of carbonyl (C=O) groups is 1. The maximum atomic E-state index is 15.4. The molecule has 1 amide bonds. The van der Waals surface area contributed by atoms with Crippen LogP contribution < -0.4 is 0 Å². The van der Waals surface area contributed by atoms with Crippen LogP contribution in [-0.2, 0) is 6.42 Å². The number of carbonyl (C=O) groups excluding carboxylic acids is 1. The highest BCUT2D eigenvalue weighted by Gasteiger charge is 2.37. The monoisotopic (exact) mass is 426 g/mol. The number of halogens is 3. The number of alkyl halides is 3. The van der Waals surface area contributed by atoms with Crippen LogP contribution in [0.3, 0.4) is 0 Å². The maximum Gasteiger partial charge on any atom is 0.280 e. The molecule has 0 aromatic carbocycles. The summed E-state index contributed by atoms with van der Waals surface area (Å²) in [6.45, 7) is 0.533. The molecule has 4 rings (SSSR count). The molecule has 3 aromatic heterocycles. The number of hydrogen-bond donors (Lipinski definition) is 0. The maximum absolute atomic E-state index is 15.4. The van der Waals surface area contributed by atoms with E-state index in [0.29, 0.717) is 16.8 Å². The van der Waals surface area contributed by atoms with Gasteiger partial charge in [-0.05, 0) is 48.7 Å². The summed E-state index contributed by atoms with van der Waals surface area (Å²) in [7, 11) is 0. The molecule has 0 atom stereocenters. The van der Waals surface area contributed by atoms with Crippen LogP contribution in [-0.4, -0.2) is 44.5 Å². The Hall–Kier alpha value is -3.29. The van der Waals surface area contributed by atoms with E-state index in [9.17, 15) is 13.6 Å². The summed E-state index contributed by atoms with van der Waals surface area (Å²) in [5, 5.41) is 0. The number of piperidine rings is 1. The van der Waals surface area contributed by atoms with Gasteiger partial charge in [0, 0.05) is 49.9 Å². The lowest BCUT2D eigenvalue weighted by atomic mass is 9.87. The highest BCUT2D eigenvalue weighted by atomic mass is 19.3. The summed E-state index contributed by atoms with van der Waals surface area (Å²) in [5.74, 6) is -0.190. The van der Waals surface area contributed by atoms with Gasteiger partial charge in [-0.3, -0.25) is 19.7 Å². The molecule has 4 heterocycles. The first-order valence-corrected chi connectivity index (χ1v) is 10.0. The second-order valence-corrected chi connectivity index (χ2v) is 7.65. The summed E-state index contributed by atoms with van der Waals surface area (Å²) in [4.78, 5) is 26.8. The number of likely N-dealkylation sites (tertiary alicyclic amines) is 1. The fourth-order valence-corrected chi connectivity index (χ4v) is 3.81. The molecule has 1 aliphatic rings. The zero-order valence-corrected chi connectivity index (χ0v) is 16.7. The van der Waals surface area contributed by atoms with Gasteiger partial charge in [-0.25, -0.2) is 13.2 Å². The van der Waals surface area contributed by atoms with Crippen molar-refractivity contribution in [3.05, 3.63) is 78.0 Å². The van der Waals surface area contributed by atoms with E-state index in [1.807, 2.05) is 0 Å². The van der Waals surface area contributed by atoms with Gasteiger partial charge >= 0.3 is 0 Å². The molecule has 0 spiro atoms. The first kappa shape index (κ1) is 21.0. The lowest BCUT2D eigenvalue weighted by Gasteiger charge is -2.36. The summed E-state index contributed by atoms with van der Waals surface area (Å²) in [5.41, 5.74) is 0.560. The number of rotatable bonds is 5. The summed E-state index contributed by atoms with van der Waals surface area (Å²) < 4.78 is 40.7. The van der Waals surface area contributed by atoms with Gasteiger partial charge in [-0.15, -0.1) is 0 Å². The quantitative estimate of drug-likeness (QED) is 0.595. The predicted octanol–water partition coefficient (Wildman–Crippen LogP) is 4.66. The van der Waals surface area contributed by atoms with E-state index >= 15 is 4.39 Å². The summed E-state index contributed by atoms with van der Waals surface area (Å²) >= 11 is 0. The van der Waals surface area contributed by atoms with Crippen molar-refractivity contribution in [1.82, 2.24) is 19.9 Å². The number of amides is 1. The van der Waals surface area contributed by atoms with Gasteiger partial charge < -0.3 is 4.90 Å². The third-order valence-electron chi connectivity index (χ3n) is 5.53. The van der Waals surface area contributed by atoms with Gasteiger partial charge in [0.05, 0.1) is 11.3 Å².